The zero-order chi connectivity index (χ0) is 29.0. The van der Waals surface area contributed by atoms with E-state index in [1.807, 2.05) is 36.4 Å². The van der Waals surface area contributed by atoms with Crippen molar-refractivity contribution in [2.75, 3.05) is 13.7 Å². The summed E-state index contributed by atoms with van der Waals surface area (Å²) in [5.74, 6) is -1.20. The predicted octanol–water partition coefficient (Wildman–Crippen LogP) is 3.79. The number of fused-ring (bicyclic) bond motifs is 1. The number of benzene rings is 3. The molecule has 4 aromatic rings. The van der Waals surface area contributed by atoms with Crippen LogP contribution in [0.2, 0.25) is 0 Å². The van der Waals surface area contributed by atoms with Crippen LogP contribution in [0.3, 0.4) is 0 Å². The van der Waals surface area contributed by atoms with Gasteiger partial charge in [-0.2, -0.15) is 9.98 Å². The van der Waals surface area contributed by atoms with E-state index >= 15 is 0 Å². The summed E-state index contributed by atoms with van der Waals surface area (Å²) < 4.78 is 35.1. The van der Waals surface area contributed by atoms with Crippen LogP contribution < -0.4 is 14.8 Å². The highest BCUT2D eigenvalue weighted by Crippen LogP contribution is 2.28. The Morgan fingerprint density at radius 2 is 1.90 bits per heavy atom. The molecule has 2 amide bonds. The quantitative estimate of drug-likeness (QED) is 0.290. The average Bonchev–Trinajstić information content (AvgIpc) is 3.60. The first-order chi connectivity index (χ1) is 19.8. The lowest BCUT2D eigenvalue weighted by Gasteiger charge is -2.24. The van der Waals surface area contributed by atoms with Crippen LogP contribution in [0.15, 0.2) is 83.1 Å². The number of carbonyl (C=O) groups excluding carboxylic acids is 2. The molecule has 0 saturated carbocycles. The molecule has 0 aliphatic carbocycles. The van der Waals surface area contributed by atoms with Gasteiger partial charge in [-0.3, -0.25) is 9.59 Å². The van der Waals surface area contributed by atoms with Crippen molar-refractivity contribution in [3.63, 3.8) is 0 Å². The maximum atomic E-state index is 13.6. The predicted molar refractivity (Wildman–Crippen MR) is 155 cm³/mol. The van der Waals surface area contributed by atoms with Gasteiger partial charge in [0.05, 0.1) is 30.0 Å². The number of carbonyl (C=O) groups is 2. The average molecular weight is 589 g/mol. The van der Waals surface area contributed by atoms with Crippen LogP contribution in [0.25, 0.3) is 10.8 Å². The van der Waals surface area contributed by atoms with E-state index in [-0.39, 0.29) is 17.3 Å². The lowest BCUT2D eigenvalue weighted by Crippen LogP contribution is -2.52. The normalized spacial score (nSPS) is 16.0. The van der Waals surface area contributed by atoms with Gasteiger partial charge in [-0.15, -0.1) is 11.3 Å². The van der Waals surface area contributed by atoms with E-state index in [0.29, 0.717) is 36.2 Å². The molecule has 11 heteroatoms. The summed E-state index contributed by atoms with van der Waals surface area (Å²) in [6.07, 6.45) is 0.302. The molecule has 1 aliphatic heterocycles. The molecule has 1 aliphatic rings. The molecule has 0 spiro atoms. The van der Waals surface area contributed by atoms with Crippen molar-refractivity contribution in [3.8, 4) is 11.8 Å². The minimum Gasteiger partial charge on any atom is -0.497 e. The second-order valence-corrected chi connectivity index (χ2v) is 12.5. The van der Waals surface area contributed by atoms with Crippen molar-refractivity contribution in [1.29, 1.82) is 5.26 Å². The minimum absolute atomic E-state index is 0.0240. The molecule has 0 radical (unpaired) electrons. The third-order valence-electron chi connectivity index (χ3n) is 7.07. The Kier molecular flexibility index (Phi) is 8.35. The molecular weight excluding hydrogens is 560 g/mol. The topological polar surface area (TPSA) is 129 Å². The SMILES string of the molecule is COc1ccc2ccc(S(=O)(=O)NC(C(=O)NCc3ccccc3)[C@@H]3CCN(Cc4cc(C#N)cs4)C3=O)cc2c1. The highest BCUT2D eigenvalue weighted by Gasteiger charge is 2.42. The summed E-state index contributed by atoms with van der Waals surface area (Å²) in [7, 11) is -2.66. The van der Waals surface area contributed by atoms with E-state index in [4.69, 9.17) is 10.00 Å². The number of sulfonamides is 1. The molecule has 9 nitrogen and oxygen atoms in total. The Labute approximate surface area is 242 Å². The zero-order valence-electron chi connectivity index (χ0n) is 22.2. The van der Waals surface area contributed by atoms with Gasteiger partial charge in [-0.05, 0) is 53.1 Å². The van der Waals surface area contributed by atoms with E-state index in [2.05, 4.69) is 16.1 Å². The van der Waals surface area contributed by atoms with Gasteiger partial charge < -0.3 is 15.0 Å². The van der Waals surface area contributed by atoms with Crippen molar-refractivity contribution < 1.29 is 22.7 Å². The van der Waals surface area contributed by atoms with E-state index < -0.39 is 27.9 Å². The van der Waals surface area contributed by atoms with Crippen LogP contribution in [-0.4, -0.2) is 44.8 Å². The smallest absolute Gasteiger partial charge is 0.241 e. The molecule has 1 saturated heterocycles. The lowest BCUT2D eigenvalue weighted by atomic mass is 9.98. The van der Waals surface area contributed by atoms with Crippen LogP contribution in [0, 0.1) is 17.2 Å². The highest BCUT2D eigenvalue weighted by atomic mass is 32.2. The number of hydrogen-bond acceptors (Lipinski definition) is 7. The van der Waals surface area contributed by atoms with E-state index in [1.165, 1.54) is 30.6 Å². The van der Waals surface area contributed by atoms with E-state index in [9.17, 15) is 18.0 Å². The number of amides is 2. The molecule has 41 heavy (non-hydrogen) atoms. The Morgan fingerprint density at radius 1 is 1.12 bits per heavy atom. The molecule has 0 bridgehead atoms. The number of nitrogens with zero attached hydrogens (tertiary/aromatic N) is 2. The molecule has 1 fully saturated rings. The number of likely N-dealkylation sites (tertiary alicyclic amines) is 1. The first kappa shape index (κ1) is 28.3. The number of nitriles is 1. The minimum atomic E-state index is -4.19. The van der Waals surface area contributed by atoms with Crippen molar-refractivity contribution in [1.82, 2.24) is 14.9 Å². The van der Waals surface area contributed by atoms with Crippen molar-refractivity contribution in [3.05, 3.63) is 94.2 Å². The van der Waals surface area contributed by atoms with Crippen LogP contribution in [0.4, 0.5) is 0 Å². The number of hydrogen-bond donors (Lipinski definition) is 2. The van der Waals surface area contributed by atoms with Crippen LogP contribution >= 0.6 is 11.3 Å². The molecule has 5 rings (SSSR count). The fourth-order valence-electron chi connectivity index (χ4n) is 4.89. The summed E-state index contributed by atoms with van der Waals surface area (Å²) in [4.78, 5) is 29.4. The molecule has 3 aromatic carbocycles. The van der Waals surface area contributed by atoms with E-state index in [0.717, 1.165) is 15.8 Å². The summed E-state index contributed by atoms with van der Waals surface area (Å²) >= 11 is 1.38. The first-order valence-corrected chi connectivity index (χ1v) is 15.3. The summed E-state index contributed by atoms with van der Waals surface area (Å²) in [5, 5.41) is 15.1. The van der Waals surface area contributed by atoms with Gasteiger partial charge in [0.15, 0.2) is 0 Å². The molecule has 210 valence electrons. The van der Waals surface area contributed by atoms with Gasteiger partial charge in [-0.1, -0.05) is 42.5 Å². The fourth-order valence-corrected chi connectivity index (χ4v) is 6.98. The van der Waals surface area contributed by atoms with Crippen molar-refractivity contribution in [2.24, 2.45) is 5.92 Å². The van der Waals surface area contributed by atoms with E-state index in [1.54, 1.807) is 34.5 Å². The first-order valence-electron chi connectivity index (χ1n) is 13.0. The maximum absolute atomic E-state index is 13.6. The summed E-state index contributed by atoms with van der Waals surface area (Å²) in [6, 6.07) is 21.8. The van der Waals surface area contributed by atoms with Crippen molar-refractivity contribution in [2.45, 2.75) is 30.4 Å². The second-order valence-electron chi connectivity index (χ2n) is 9.75. The Hall–Kier alpha value is -4.24. The van der Waals surface area contributed by atoms with Gasteiger partial charge >= 0.3 is 0 Å². The van der Waals surface area contributed by atoms with Gasteiger partial charge in [0, 0.05) is 23.3 Å². The van der Waals surface area contributed by atoms with Crippen LogP contribution in [0.5, 0.6) is 5.75 Å². The Balaban J connectivity index is 1.40. The Bertz CT molecular complexity index is 1730. The van der Waals surface area contributed by atoms with Gasteiger partial charge in [0.1, 0.15) is 17.9 Å². The Morgan fingerprint density at radius 3 is 2.63 bits per heavy atom. The molecular formula is C30H28N4O5S2. The molecule has 2 heterocycles. The number of rotatable bonds is 10. The second kappa shape index (κ2) is 12.1. The number of methoxy groups -OCH3 is 1. The number of ether oxygens (including phenoxy) is 1. The molecule has 1 aromatic heterocycles. The third-order valence-corrected chi connectivity index (χ3v) is 9.43. The van der Waals surface area contributed by atoms with Gasteiger partial charge in [0.2, 0.25) is 21.8 Å². The zero-order valence-corrected chi connectivity index (χ0v) is 23.9. The highest BCUT2D eigenvalue weighted by molar-refractivity contribution is 7.89. The molecule has 2 atom stereocenters. The fraction of sp³-hybridized carbons (Fsp3) is 0.233. The molecule has 1 unspecified atom stereocenters. The summed E-state index contributed by atoms with van der Waals surface area (Å²) in [5.41, 5.74) is 1.36. The lowest BCUT2D eigenvalue weighted by molar-refractivity contribution is -0.135. The monoisotopic (exact) mass is 588 g/mol. The number of thiophene rings is 1. The maximum Gasteiger partial charge on any atom is 0.241 e. The summed E-state index contributed by atoms with van der Waals surface area (Å²) in [6.45, 7) is 0.840. The third kappa shape index (κ3) is 6.41. The number of nitrogens with one attached hydrogen (secondary N) is 2. The van der Waals surface area contributed by atoms with Gasteiger partial charge in [-0.25, -0.2) is 8.42 Å². The van der Waals surface area contributed by atoms with Crippen molar-refractivity contribution >= 4 is 43.9 Å². The van der Waals surface area contributed by atoms with Crippen LogP contribution in [-0.2, 0) is 32.7 Å². The standard InChI is InChI=1S/C30H28N4O5S2/c1-39-24-9-7-22-8-10-26(15-23(22)14-24)41(37,38)33-28(29(35)32-17-20-5-3-2-4-6-20)27-11-12-34(30(27)36)18-25-13-21(16-31)19-40-25/h2-10,13-15,19,27-28,33H,11-12,17-18H2,1H3,(H,32,35)/t27-,28?/m0/s1. The largest absolute Gasteiger partial charge is 0.497 e. The molecule has 2 N–H and O–H groups in total. The van der Waals surface area contributed by atoms with Crippen LogP contribution in [0.1, 0.15) is 22.4 Å². The van der Waals surface area contributed by atoms with Gasteiger partial charge in [0.25, 0.3) is 0 Å².